The van der Waals surface area contributed by atoms with Gasteiger partial charge in [0.25, 0.3) is 0 Å². The number of aliphatic carboxylic acids is 4. The van der Waals surface area contributed by atoms with Crippen molar-refractivity contribution in [3.05, 3.63) is 0 Å². The molecule has 14 heteroatoms. The van der Waals surface area contributed by atoms with Gasteiger partial charge in [0.1, 0.15) is 18.6 Å². The zero-order valence-electron chi connectivity index (χ0n) is 17.8. The number of urea groups is 1. The van der Waals surface area contributed by atoms with Crippen LogP contribution in [0.5, 0.6) is 0 Å². The van der Waals surface area contributed by atoms with Gasteiger partial charge in [-0.05, 0) is 25.7 Å². The molecule has 0 saturated carbocycles. The average molecular weight is 464 g/mol. The van der Waals surface area contributed by atoms with Crippen molar-refractivity contribution in [2.24, 2.45) is 5.73 Å². The first-order chi connectivity index (χ1) is 14.9. The molecular weight excluding hydrogens is 432 g/mol. The van der Waals surface area contributed by atoms with E-state index in [2.05, 4.69) is 12.2 Å². The van der Waals surface area contributed by atoms with Crippen molar-refractivity contribution < 1.29 is 49.2 Å². The average Bonchev–Trinajstić information content (AvgIpc) is 2.69. The minimum atomic E-state index is -1.39. The molecule has 32 heavy (non-hydrogen) atoms. The van der Waals surface area contributed by atoms with Gasteiger partial charge in [-0.15, -0.1) is 0 Å². The molecule has 0 aliphatic rings. The second-order valence-corrected chi connectivity index (χ2v) is 6.58. The summed E-state index contributed by atoms with van der Waals surface area (Å²) in [5.74, 6) is -4.90. The lowest BCUT2D eigenvalue weighted by Gasteiger charge is -2.13. The first-order valence-electron chi connectivity index (χ1n) is 9.86. The Morgan fingerprint density at radius 3 is 1.91 bits per heavy atom. The molecule has 0 aromatic heterocycles. The molecule has 9 N–H and O–H groups in total. The second-order valence-electron chi connectivity index (χ2n) is 6.58. The second kappa shape index (κ2) is 18.4. The zero-order valence-corrected chi connectivity index (χ0v) is 17.8. The third-order valence-electron chi connectivity index (χ3n) is 3.74. The number of hydrogen-bond acceptors (Lipinski definition) is 7. The van der Waals surface area contributed by atoms with Crippen LogP contribution in [0, 0.1) is 0 Å². The largest absolute Gasteiger partial charge is 0.481 e. The van der Waals surface area contributed by atoms with Crippen molar-refractivity contribution in [3.8, 4) is 0 Å². The van der Waals surface area contributed by atoms with Gasteiger partial charge in [0.05, 0.1) is 0 Å². The molecule has 2 unspecified atom stereocenters. The molecule has 3 amide bonds. The molecule has 0 fully saturated rings. The first-order valence-corrected chi connectivity index (χ1v) is 9.86. The normalized spacial score (nSPS) is 11.7. The van der Waals surface area contributed by atoms with Crippen molar-refractivity contribution in [1.82, 2.24) is 16.0 Å². The van der Waals surface area contributed by atoms with Crippen LogP contribution in [0.3, 0.4) is 0 Å². The molecule has 0 radical (unpaired) electrons. The molecule has 14 nitrogen and oxygen atoms in total. The van der Waals surface area contributed by atoms with Crippen LogP contribution in [0.15, 0.2) is 0 Å². The summed E-state index contributed by atoms with van der Waals surface area (Å²) in [6.07, 6.45) is 2.53. The van der Waals surface area contributed by atoms with Crippen LogP contribution in [0.4, 0.5) is 4.79 Å². The van der Waals surface area contributed by atoms with E-state index in [1.54, 1.807) is 0 Å². The lowest BCUT2D eigenvalue weighted by molar-refractivity contribution is -0.141. The highest BCUT2D eigenvalue weighted by Gasteiger charge is 2.20. The number of carboxylic acids is 4. The summed E-state index contributed by atoms with van der Waals surface area (Å²) in [4.78, 5) is 63.5. The monoisotopic (exact) mass is 464 g/mol. The van der Waals surface area contributed by atoms with Gasteiger partial charge in [-0.25, -0.2) is 9.59 Å². The van der Waals surface area contributed by atoms with E-state index < -0.39 is 55.0 Å². The van der Waals surface area contributed by atoms with Crippen molar-refractivity contribution in [1.29, 1.82) is 0 Å². The number of rotatable bonds is 15. The van der Waals surface area contributed by atoms with Crippen LogP contribution < -0.4 is 21.7 Å². The maximum Gasteiger partial charge on any atom is 0.326 e. The van der Waals surface area contributed by atoms with Gasteiger partial charge < -0.3 is 42.1 Å². The van der Waals surface area contributed by atoms with Gasteiger partial charge in [0.2, 0.25) is 5.91 Å². The number of nitrogens with one attached hydrogen (secondary N) is 3. The fourth-order valence-electron chi connectivity index (χ4n) is 1.99. The van der Waals surface area contributed by atoms with Gasteiger partial charge in [-0.3, -0.25) is 19.2 Å². The molecule has 0 heterocycles. The van der Waals surface area contributed by atoms with Gasteiger partial charge in [0.15, 0.2) is 0 Å². The molecule has 0 aromatic rings. The van der Waals surface area contributed by atoms with Gasteiger partial charge in [-0.2, -0.15) is 0 Å². The predicted molar refractivity (Wildman–Crippen MR) is 110 cm³/mol. The van der Waals surface area contributed by atoms with Crippen LogP contribution in [-0.2, 0) is 24.0 Å². The minimum Gasteiger partial charge on any atom is -0.481 e. The minimum absolute atomic E-state index is 0.0268. The molecule has 2 atom stereocenters. The number of carbonyl (C=O) groups excluding carboxylic acids is 2. The topological polar surface area (TPSA) is 245 Å². The number of nitrogens with two attached hydrogens (primary N) is 1. The molecule has 184 valence electrons. The highest BCUT2D eigenvalue weighted by Crippen LogP contribution is 1.99. The summed E-state index contributed by atoms with van der Waals surface area (Å²) in [5, 5.41) is 40.4. The Bertz CT molecular complexity index is 641. The molecule has 0 rings (SSSR count). The smallest absolute Gasteiger partial charge is 0.326 e. The molecule has 0 aliphatic heterocycles. The van der Waals surface area contributed by atoms with Crippen LogP contribution in [0.1, 0.15) is 51.9 Å². The van der Waals surface area contributed by atoms with Crippen LogP contribution >= 0.6 is 0 Å². The predicted octanol–water partition coefficient (Wildman–Crippen LogP) is -0.827. The fraction of sp³-hybridized carbons (Fsp3) is 0.667. The van der Waals surface area contributed by atoms with Gasteiger partial charge in [0, 0.05) is 19.4 Å². The van der Waals surface area contributed by atoms with Crippen LogP contribution in [0.2, 0.25) is 0 Å². The maximum atomic E-state index is 11.2. The summed E-state index contributed by atoms with van der Waals surface area (Å²) >= 11 is 0. The van der Waals surface area contributed by atoms with Crippen molar-refractivity contribution >= 4 is 35.8 Å². The van der Waals surface area contributed by atoms with E-state index in [0.29, 0.717) is 25.8 Å². The Labute approximate surface area is 184 Å². The van der Waals surface area contributed by atoms with E-state index in [1.807, 2.05) is 10.6 Å². The maximum absolute atomic E-state index is 11.2. The molecule has 0 spiro atoms. The molecule has 0 bridgehead atoms. The highest BCUT2D eigenvalue weighted by atomic mass is 16.4. The van der Waals surface area contributed by atoms with Crippen molar-refractivity contribution in [2.45, 2.75) is 64.0 Å². The summed E-state index contributed by atoms with van der Waals surface area (Å²) in [6.45, 7) is 2.09. The van der Waals surface area contributed by atoms with E-state index in [1.165, 1.54) is 0 Å². The lowest BCUT2D eigenvalue weighted by Crippen LogP contribution is -2.47. The number of carbonyl (C=O) groups is 6. The summed E-state index contributed by atoms with van der Waals surface area (Å²) in [6, 6.07) is -3.21. The zero-order chi connectivity index (χ0) is 25.1. The Morgan fingerprint density at radius 2 is 1.44 bits per heavy atom. The highest BCUT2D eigenvalue weighted by molar-refractivity contribution is 5.85. The van der Waals surface area contributed by atoms with Crippen LogP contribution in [0.25, 0.3) is 0 Å². The van der Waals surface area contributed by atoms with E-state index >= 15 is 0 Å². The summed E-state index contributed by atoms with van der Waals surface area (Å²) in [5.41, 5.74) is 5.29. The Kier molecular flexibility index (Phi) is 17.7. The molecular formula is C18H32N4O10. The SMILES string of the molecule is CCCCNC(=O)CCCC(N)C(=O)O.O=C(O)CCC(NC(=O)NCC(=O)O)C(=O)O. The first kappa shape index (κ1) is 30.8. The Morgan fingerprint density at radius 1 is 0.812 bits per heavy atom. The fourth-order valence-corrected chi connectivity index (χ4v) is 1.99. The number of carboxylic acid groups (broad SMARTS) is 4. The summed E-state index contributed by atoms with van der Waals surface area (Å²) < 4.78 is 0. The molecule has 0 saturated heterocycles. The molecule has 0 aromatic carbocycles. The van der Waals surface area contributed by atoms with Crippen molar-refractivity contribution in [3.63, 3.8) is 0 Å². The summed E-state index contributed by atoms with van der Waals surface area (Å²) in [7, 11) is 0. The van der Waals surface area contributed by atoms with Crippen molar-refractivity contribution in [2.75, 3.05) is 13.1 Å². The van der Waals surface area contributed by atoms with Gasteiger partial charge in [-0.1, -0.05) is 13.3 Å². The van der Waals surface area contributed by atoms with E-state index in [4.69, 9.17) is 26.2 Å². The van der Waals surface area contributed by atoms with E-state index in [0.717, 1.165) is 12.8 Å². The number of unbranched alkanes of at least 4 members (excludes halogenated alkanes) is 1. The quantitative estimate of drug-likeness (QED) is 0.139. The van der Waals surface area contributed by atoms with Gasteiger partial charge >= 0.3 is 29.9 Å². The number of amides is 3. The van der Waals surface area contributed by atoms with Crippen LogP contribution in [-0.4, -0.2) is 81.4 Å². The Hall–Kier alpha value is -3.42. The molecule has 0 aliphatic carbocycles. The number of hydrogen-bond donors (Lipinski definition) is 8. The van der Waals surface area contributed by atoms with E-state index in [9.17, 15) is 28.8 Å². The van der Waals surface area contributed by atoms with E-state index in [-0.39, 0.29) is 12.3 Å². The standard InChI is InChI=1S/C10H20N2O3.C8H12N2O7/c1-2-3-7-12-9(13)6-4-5-8(11)10(14)15;11-5(12)2-1-4(7(15)16)10-8(17)9-3-6(13)14/h8H,2-7,11H2,1H3,(H,12,13)(H,14,15);4H,1-3H2,(H,11,12)(H,13,14)(H,15,16)(H2,9,10,17). The Balaban J connectivity index is 0. The third kappa shape index (κ3) is 19.9. The lowest BCUT2D eigenvalue weighted by atomic mass is 10.1. The third-order valence-corrected chi connectivity index (χ3v) is 3.74.